The Kier molecular flexibility index (Phi) is 11.3. The number of benzene rings is 3. The molecule has 6 heterocycles. The second-order valence-electron chi connectivity index (χ2n) is 18.2. The Labute approximate surface area is 380 Å². The third kappa shape index (κ3) is 7.49. The number of hydrogen-bond acceptors (Lipinski definition) is 11. The molecule has 3 aliphatic rings. The first-order chi connectivity index (χ1) is 31.6. The van der Waals surface area contributed by atoms with Gasteiger partial charge in [-0.3, -0.25) is 14.2 Å². The van der Waals surface area contributed by atoms with Gasteiger partial charge in [-0.2, -0.15) is 5.10 Å². The van der Waals surface area contributed by atoms with Gasteiger partial charge in [-0.1, -0.05) is 39.8 Å². The number of fused-ring (bicyclic) bond motifs is 5. The zero-order valence-electron chi connectivity index (χ0n) is 37.7. The van der Waals surface area contributed by atoms with E-state index in [0.717, 1.165) is 60.4 Å². The summed E-state index contributed by atoms with van der Waals surface area (Å²) in [6.45, 7) is 12.8. The lowest BCUT2D eigenvalue weighted by Crippen LogP contribution is -2.60. The van der Waals surface area contributed by atoms with E-state index in [-0.39, 0.29) is 40.9 Å². The summed E-state index contributed by atoms with van der Waals surface area (Å²) in [4.78, 5) is 60.6. The second-order valence-corrected chi connectivity index (χ2v) is 18.2. The summed E-state index contributed by atoms with van der Waals surface area (Å²) in [5, 5.41) is 49.4. The van der Waals surface area contributed by atoms with Crippen LogP contribution in [0.15, 0.2) is 76.3 Å². The van der Waals surface area contributed by atoms with Crippen LogP contribution in [0, 0.1) is 0 Å². The fourth-order valence-electron chi connectivity index (χ4n) is 10.2. The number of quaternary nitrogens is 1. The summed E-state index contributed by atoms with van der Waals surface area (Å²) in [5.41, 5.74) is 5.03. The third-order valence-electron chi connectivity index (χ3n) is 14.1. The molecule has 0 spiro atoms. The number of nitrogens with one attached hydrogen (secondary N) is 1. The highest BCUT2D eigenvalue weighted by Crippen LogP contribution is 2.44. The van der Waals surface area contributed by atoms with E-state index in [4.69, 9.17) is 9.72 Å². The molecule has 1 fully saturated rings. The predicted molar refractivity (Wildman–Crippen MR) is 248 cm³/mol. The number of piperazine rings is 1. The molecule has 6 aromatic rings. The standard InChI is InChI=1S/C49H54N8O9/c1-6-49(7-2)41-36(43(60)46(62)66-49)24-38-42-31(26-55(38)45(41)61)21-30-22-33(13-14-37(30)50-42)57(19-17-54(18-20-57)16-8-15-53(5)48(64)65)27-29-9-11-32(12-10-29)56-44(51-52-47(56)63)35-23-34(28(3)4)39(58)25-40(35)59/h9-14,21-25,28,43,60H,6-8,15-20,26-27H2,1-5H3,(H3-,50,51,52,58,59,61,63,64,65)/p+1/t43-/m0/s1. The largest absolute Gasteiger partial charge is 0.508 e. The van der Waals surface area contributed by atoms with E-state index < -0.39 is 29.5 Å². The molecule has 3 aromatic heterocycles. The van der Waals surface area contributed by atoms with Crippen LogP contribution >= 0.6 is 0 Å². The monoisotopic (exact) mass is 899 g/mol. The van der Waals surface area contributed by atoms with E-state index in [1.54, 1.807) is 23.7 Å². The van der Waals surface area contributed by atoms with Gasteiger partial charge in [-0.05, 0) is 67.1 Å². The van der Waals surface area contributed by atoms with Crippen LogP contribution in [0.1, 0.15) is 86.8 Å². The number of nitrogens with zero attached hydrogens (tertiary/aromatic N) is 7. The van der Waals surface area contributed by atoms with Crippen LogP contribution in [0.4, 0.5) is 10.5 Å². The Morgan fingerprint density at radius 3 is 2.39 bits per heavy atom. The van der Waals surface area contributed by atoms with Crippen LogP contribution in [0.5, 0.6) is 11.5 Å². The van der Waals surface area contributed by atoms with Crippen molar-refractivity contribution < 1.29 is 34.8 Å². The van der Waals surface area contributed by atoms with Gasteiger partial charge in [0.25, 0.3) is 5.56 Å². The molecule has 0 unspecified atom stereocenters. The first kappa shape index (κ1) is 44.4. The number of phenols is 2. The number of carbonyl (C=O) groups excluding carboxylic acids is 1. The molecule has 344 valence electrons. The zero-order valence-corrected chi connectivity index (χ0v) is 37.7. The number of carbonyl (C=O) groups is 2. The number of rotatable bonds is 12. The Balaban J connectivity index is 1.05. The number of H-pyrrole nitrogens is 1. The number of hydrogen-bond donors (Lipinski definition) is 5. The highest BCUT2D eigenvalue weighted by Gasteiger charge is 2.47. The van der Waals surface area contributed by atoms with Gasteiger partial charge in [0.05, 0.1) is 53.4 Å². The maximum Gasteiger partial charge on any atom is 0.407 e. The van der Waals surface area contributed by atoms with Gasteiger partial charge < -0.3 is 34.6 Å². The minimum Gasteiger partial charge on any atom is -0.508 e. The highest BCUT2D eigenvalue weighted by molar-refractivity contribution is 5.87. The zero-order chi connectivity index (χ0) is 46.8. The Morgan fingerprint density at radius 1 is 0.985 bits per heavy atom. The quantitative estimate of drug-likeness (QED) is 0.0713. The SMILES string of the molecule is CCC1(CC)OC(=O)[C@@H](O)c2cc3n(c(=O)c21)Cc1cc2cc([N+]4(Cc5ccc(-n6c(-c7cc(C(C)C)c(O)cc7O)n[nH]c6=O)cc5)CCN(CCCN(C)C(=O)O)CC4)ccc2nc1-3. The number of aliphatic hydroxyl groups is 1. The van der Waals surface area contributed by atoms with Crippen molar-refractivity contribution in [3.05, 3.63) is 115 Å². The van der Waals surface area contributed by atoms with Crippen molar-refractivity contribution in [3.63, 3.8) is 0 Å². The molecule has 3 aliphatic heterocycles. The second kappa shape index (κ2) is 16.9. The van der Waals surface area contributed by atoms with E-state index in [0.29, 0.717) is 70.6 Å². The van der Waals surface area contributed by atoms with Gasteiger partial charge in [0.2, 0.25) is 0 Å². The van der Waals surface area contributed by atoms with Crippen molar-refractivity contribution in [2.24, 2.45) is 0 Å². The predicted octanol–water partition coefficient (Wildman–Crippen LogP) is 5.93. The number of cyclic esters (lactones) is 1. The number of aromatic amines is 1. The minimum atomic E-state index is -1.57. The Bertz CT molecular complexity index is 3020. The fourth-order valence-corrected chi connectivity index (χ4v) is 10.2. The lowest BCUT2D eigenvalue weighted by Gasteiger charge is -2.44. The van der Waals surface area contributed by atoms with Crippen molar-refractivity contribution in [2.75, 3.05) is 46.3 Å². The molecule has 1 amide bonds. The Hall–Kier alpha value is -6.82. The van der Waals surface area contributed by atoms with Gasteiger partial charge in [0.15, 0.2) is 11.9 Å². The molecule has 0 bridgehead atoms. The number of aliphatic hydroxyl groups excluding tert-OH is 1. The van der Waals surface area contributed by atoms with Gasteiger partial charge in [-0.15, -0.1) is 0 Å². The van der Waals surface area contributed by atoms with E-state index in [1.807, 2.05) is 58.0 Å². The average Bonchev–Trinajstić information content (AvgIpc) is 3.86. The number of esters is 1. The van der Waals surface area contributed by atoms with Crippen molar-refractivity contribution in [1.29, 1.82) is 0 Å². The number of amides is 1. The first-order valence-corrected chi connectivity index (χ1v) is 22.6. The summed E-state index contributed by atoms with van der Waals surface area (Å²) in [6, 6.07) is 20.7. The normalized spacial score (nSPS) is 17.4. The van der Waals surface area contributed by atoms with Crippen LogP contribution in [0.2, 0.25) is 0 Å². The molecule has 9 rings (SSSR count). The molecule has 1 atom stereocenters. The number of aromatic hydroxyl groups is 2. The van der Waals surface area contributed by atoms with Crippen LogP contribution in [-0.4, -0.2) is 113 Å². The Morgan fingerprint density at radius 2 is 1.71 bits per heavy atom. The summed E-state index contributed by atoms with van der Waals surface area (Å²) in [5.74, 6) is -0.842. The number of ether oxygens (including phenoxy) is 1. The molecule has 17 nitrogen and oxygen atoms in total. The molecule has 0 radical (unpaired) electrons. The number of aromatic nitrogens is 5. The smallest absolute Gasteiger partial charge is 0.407 e. The van der Waals surface area contributed by atoms with Crippen LogP contribution in [-0.2, 0) is 28.2 Å². The molecule has 5 N–H and O–H groups in total. The lowest BCUT2D eigenvalue weighted by atomic mass is 9.82. The maximum absolute atomic E-state index is 14.3. The number of pyridine rings is 2. The lowest BCUT2D eigenvalue weighted by molar-refractivity contribution is -0.177. The summed E-state index contributed by atoms with van der Waals surface area (Å²) in [7, 11) is 1.58. The van der Waals surface area contributed by atoms with Crippen molar-refractivity contribution in [3.8, 4) is 40.0 Å². The van der Waals surface area contributed by atoms with E-state index in [1.165, 1.54) is 15.5 Å². The number of phenolic OH excluding ortho intramolecular Hbond substituents is 2. The molecule has 0 saturated carbocycles. The van der Waals surface area contributed by atoms with Gasteiger partial charge in [0, 0.05) is 73.5 Å². The average molecular weight is 900 g/mol. The van der Waals surface area contributed by atoms with E-state index >= 15 is 0 Å². The van der Waals surface area contributed by atoms with Gasteiger partial charge in [-0.25, -0.2) is 29.0 Å². The summed E-state index contributed by atoms with van der Waals surface area (Å²) >= 11 is 0. The highest BCUT2D eigenvalue weighted by atomic mass is 16.6. The van der Waals surface area contributed by atoms with Crippen LogP contribution in [0.3, 0.4) is 0 Å². The van der Waals surface area contributed by atoms with Gasteiger partial charge in [0.1, 0.15) is 29.3 Å². The summed E-state index contributed by atoms with van der Waals surface area (Å²) < 4.78 is 9.42. The molecule has 1 saturated heterocycles. The molecule has 17 heteroatoms. The number of carboxylic acid groups (broad SMARTS) is 1. The molecule has 0 aliphatic carbocycles. The van der Waals surface area contributed by atoms with E-state index in [9.17, 15) is 39.6 Å². The topological polar surface area (TPSA) is 216 Å². The van der Waals surface area contributed by atoms with E-state index in [2.05, 4.69) is 33.3 Å². The minimum absolute atomic E-state index is 0.0390. The van der Waals surface area contributed by atoms with Crippen molar-refractivity contribution >= 4 is 28.7 Å². The third-order valence-corrected chi connectivity index (χ3v) is 14.1. The van der Waals surface area contributed by atoms with Crippen molar-refractivity contribution in [2.45, 2.75) is 77.7 Å². The van der Waals surface area contributed by atoms with Crippen LogP contribution < -0.4 is 15.7 Å². The van der Waals surface area contributed by atoms with Gasteiger partial charge >= 0.3 is 17.8 Å². The summed E-state index contributed by atoms with van der Waals surface area (Å²) in [6.07, 6.45) is -1.02. The molecule has 66 heavy (non-hydrogen) atoms. The molecular weight excluding hydrogens is 845 g/mol. The maximum atomic E-state index is 14.3. The molecule has 3 aromatic carbocycles. The van der Waals surface area contributed by atoms with Crippen LogP contribution in [0.25, 0.3) is 39.4 Å². The first-order valence-electron chi connectivity index (χ1n) is 22.6. The fraction of sp³-hybridized carbons (Fsp3) is 0.388. The van der Waals surface area contributed by atoms with Crippen molar-refractivity contribution in [1.82, 2.24) is 38.6 Å². The molecular formula is C49H55N8O9+.